The number of piperidine rings is 1. The number of carbonyl (C=O) groups is 1. The zero-order valence-electron chi connectivity index (χ0n) is 15.3. The minimum Gasteiger partial charge on any atom is -0.349 e. The van der Waals surface area contributed by atoms with E-state index < -0.39 is 0 Å². The third-order valence-electron chi connectivity index (χ3n) is 5.71. The van der Waals surface area contributed by atoms with Gasteiger partial charge in [-0.3, -0.25) is 9.69 Å². The Morgan fingerprint density at radius 2 is 2.19 bits per heavy atom. The van der Waals surface area contributed by atoms with Gasteiger partial charge in [-0.25, -0.2) is 4.98 Å². The number of nitrogens with one attached hydrogen (secondary N) is 2. The van der Waals surface area contributed by atoms with Crippen LogP contribution >= 0.6 is 0 Å². The number of fused-ring (bicyclic) bond motifs is 1. The van der Waals surface area contributed by atoms with Gasteiger partial charge in [0.15, 0.2) is 0 Å². The maximum Gasteiger partial charge on any atom is 0.217 e. The predicted molar refractivity (Wildman–Crippen MR) is 101 cm³/mol. The van der Waals surface area contributed by atoms with Crippen molar-refractivity contribution >= 4 is 5.91 Å². The number of amides is 1. The van der Waals surface area contributed by atoms with Crippen LogP contribution in [0.15, 0.2) is 42.9 Å². The third-order valence-corrected chi connectivity index (χ3v) is 5.71. The third kappa shape index (κ3) is 3.52. The van der Waals surface area contributed by atoms with Crippen LogP contribution < -0.4 is 10.6 Å². The molecule has 1 amide bonds. The molecule has 1 aromatic heterocycles. The summed E-state index contributed by atoms with van der Waals surface area (Å²) < 4.78 is 2.22. The molecule has 0 unspecified atom stereocenters. The predicted octanol–water partition coefficient (Wildman–Crippen LogP) is 1.23. The maximum absolute atomic E-state index is 11.8. The van der Waals surface area contributed by atoms with Gasteiger partial charge in [-0.05, 0) is 18.5 Å². The van der Waals surface area contributed by atoms with Crippen molar-refractivity contribution < 1.29 is 4.79 Å². The largest absolute Gasteiger partial charge is 0.349 e. The van der Waals surface area contributed by atoms with Crippen molar-refractivity contribution in [1.82, 2.24) is 25.1 Å². The molecule has 2 fully saturated rings. The van der Waals surface area contributed by atoms with Crippen molar-refractivity contribution in [3.8, 4) is 0 Å². The monoisotopic (exact) mass is 353 g/mol. The van der Waals surface area contributed by atoms with Gasteiger partial charge in [0.25, 0.3) is 0 Å². The highest BCUT2D eigenvalue weighted by molar-refractivity contribution is 5.74. The van der Waals surface area contributed by atoms with Crippen LogP contribution in [-0.4, -0.2) is 52.1 Å². The molecule has 0 saturated carbocycles. The van der Waals surface area contributed by atoms with Crippen LogP contribution in [-0.2, 0) is 17.9 Å². The first kappa shape index (κ1) is 17.2. The minimum absolute atomic E-state index is 0.0767. The summed E-state index contributed by atoms with van der Waals surface area (Å²) in [5.41, 5.74) is 2.42. The number of nitrogens with zero attached hydrogens (tertiary/aromatic N) is 3. The summed E-state index contributed by atoms with van der Waals surface area (Å²) in [7, 11) is 0. The van der Waals surface area contributed by atoms with Gasteiger partial charge in [0, 0.05) is 51.8 Å². The van der Waals surface area contributed by atoms with E-state index in [2.05, 4.69) is 49.4 Å². The number of imidazole rings is 1. The van der Waals surface area contributed by atoms with Gasteiger partial charge < -0.3 is 15.2 Å². The Morgan fingerprint density at radius 3 is 3.00 bits per heavy atom. The number of benzene rings is 1. The van der Waals surface area contributed by atoms with E-state index in [0.29, 0.717) is 5.92 Å². The molecule has 138 valence electrons. The Morgan fingerprint density at radius 1 is 1.35 bits per heavy atom. The summed E-state index contributed by atoms with van der Waals surface area (Å²) in [6.45, 7) is 7.19. The molecular formula is C20H27N5O. The molecule has 2 saturated heterocycles. The lowest BCUT2D eigenvalue weighted by Crippen LogP contribution is -2.60. The van der Waals surface area contributed by atoms with Crippen LogP contribution in [0.5, 0.6) is 0 Å². The molecule has 0 spiro atoms. The average molecular weight is 353 g/mol. The summed E-state index contributed by atoms with van der Waals surface area (Å²) in [5, 5.41) is 6.76. The summed E-state index contributed by atoms with van der Waals surface area (Å²) in [5.74, 6) is 0.540. The van der Waals surface area contributed by atoms with Crippen LogP contribution in [0.3, 0.4) is 0 Å². The standard InChI is InChI=1S/C20H27N5O/c1-16(26)23-20-7-8-21-9-18(20)12-24(14-20)13-19-10-22-15-25(19)11-17-5-3-2-4-6-17/h2-6,10,15,18,21H,7-9,11-14H2,1H3,(H,23,26)/t18-,20-/m1/s1. The van der Waals surface area contributed by atoms with Gasteiger partial charge >= 0.3 is 0 Å². The van der Waals surface area contributed by atoms with Crippen molar-refractivity contribution in [1.29, 1.82) is 0 Å². The summed E-state index contributed by atoms with van der Waals surface area (Å²) in [6, 6.07) is 10.5. The van der Waals surface area contributed by atoms with Gasteiger partial charge in [0.05, 0.1) is 17.6 Å². The average Bonchev–Trinajstić information content (AvgIpc) is 3.19. The van der Waals surface area contributed by atoms with Gasteiger partial charge in [0.1, 0.15) is 0 Å². The normalized spacial score (nSPS) is 25.8. The molecule has 0 bridgehead atoms. The molecule has 2 aromatic rings. The van der Waals surface area contributed by atoms with Crippen LogP contribution in [0.1, 0.15) is 24.6 Å². The number of hydrogen-bond acceptors (Lipinski definition) is 4. The quantitative estimate of drug-likeness (QED) is 0.849. The highest BCUT2D eigenvalue weighted by atomic mass is 16.1. The number of aromatic nitrogens is 2. The second-order valence-electron chi connectivity index (χ2n) is 7.66. The second kappa shape index (κ2) is 7.21. The lowest BCUT2D eigenvalue weighted by atomic mass is 9.81. The SMILES string of the molecule is CC(=O)N[C@@]12CCNC[C@@H]1CN(Cc1cncn1Cc1ccccc1)C2. The first-order valence-corrected chi connectivity index (χ1v) is 9.39. The fraction of sp³-hybridized carbons (Fsp3) is 0.500. The Bertz CT molecular complexity index is 759. The van der Waals surface area contributed by atoms with E-state index in [1.54, 1.807) is 6.92 Å². The molecule has 26 heavy (non-hydrogen) atoms. The lowest BCUT2D eigenvalue weighted by Gasteiger charge is -2.39. The number of carbonyl (C=O) groups excluding carboxylic acids is 1. The molecule has 4 rings (SSSR count). The summed E-state index contributed by atoms with van der Waals surface area (Å²) in [6.07, 6.45) is 4.88. The fourth-order valence-electron chi connectivity index (χ4n) is 4.52. The first-order valence-electron chi connectivity index (χ1n) is 9.39. The van der Waals surface area contributed by atoms with Crippen molar-refractivity contribution in [3.63, 3.8) is 0 Å². The van der Waals surface area contributed by atoms with Crippen LogP contribution in [0.4, 0.5) is 0 Å². The number of hydrogen-bond donors (Lipinski definition) is 2. The highest BCUT2D eigenvalue weighted by Crippen LogP contribution is 2.33. The van der Waals surface area contributed by atoms with Gasteiger partial charge in [-0.2, -0.15) is 0 Å². The van der Waals surface area contributed by atoms with Crippen molar-refractivity contribution in [3.05, 3.63) is 54.1 Å². The van der Waals surface area contributed by atoms with E-state index in [0.717, 1.165) is 45.7 Å². The molecule has 2 aliphatic rings. The molecule has 6 nitrogen and oxygen atoms in total. The highest BCUT2D eigenvalue weighted by Gasteiger charge is 2.48. The van der Waals surface area contributed by atoms with Crippen LogP contribution in [0, 0.1) is 5.92 Å². The topological polar surface area (TPSA) is 62.2 Å². The molecule has 0 radical (unpaired) electrons. The smallest absolute Gasteiger partial charge is 0.217 e. The zero-order valence-corrected chi connectivity index (χ0v) is 15.3. The Labute approximate surface area is 154 Å². The summed E-state index contributed by atoms with van der Waals surface area (Å²) in [4.78, 5) is 18.6. The first-order chi connectivity index (χ1) is 12.6. The van der Waals surface area contributed by atoms with Crippen molar-refractivity contribution in [2.24, 2.45) is 5.92 Å². The number of rotatable bonds is 5. The van der Waals surface area contributed by atoms with Crippen LogP contribution in [0.2, 0.25) is 0 Å². The molecule has 2 N–H and O–H groups in total. The van der Waals surface area contributed by atoms with E-state index in [1.807, 2.05) is 18.6 Å². The van der Waals surface area contributed by atoms with E-state index in [9.17, 15) is 4.79 Å². The molecule has 1 aromatic carbocycles. The van der Waals surface area contributed by atoms with E-state index in [-0.39, 0.29) is 11.4 Å². The van der Waals surface area contributed by atoms with E-state index in [4.69, 9.17) is 0 Å². The van der Waals surface area contributed by atoms with E-state index >= 15 is 0 Å². The zero-order chi connectivity index (χ0) is 18.0. The number of likely N-dealkylation sites (tertiary alicyclic amines) is 1. The molecule has 0 aliphatic carbocycles. The molecule has 6 heteroatoms. The van der Waals surface area contributed by atoms with Crippen molar-refractivity contribution in [2.45, 2.75) is 32.0 Å². The lowest BCUT2D eigenvalue weighted by molar-refractivity contribution is -0.121. The Balaban J connectivity index is 1.47. The van der Waals surface area contributed by atoms with Crippen LogP contribution in [0.25, 0.3) is 0 Å². The van der Waals surface area contributed by atoms with Gasteiger partial charge in [-0.15, -0.1) is 0 Å². The van der Waals surface area contributed by atoms with Gasteiger partial charge in [0.2, 0.25) is 5.91 Å². The Hall–Kier alpha value is -2.18. The molecule has 2 atom stereocenters. The van der Waals surface area contributed by atoms with E-state index in [1.165, 1.54) is 11.3 Å². The van der Waals surface area contributed by atoms with Gasteiger partial charge in [-0.1, -0.05) is 30.3 Å². The second-order valence-corrected chi connectivity index (χ2v) is 7.66. The molecular weight excluding hydrogens is 326 g/mol. The fourth-order valence-corrected chi connectivity index (χ4v) is 4.52. The minimum atomic E-state index is -0.0820. The molecule has 3 heterocycles. The molecule has 2 aliphatic heterocycles. The Kier molecular flexibility index (Phi) is 4.78. The summed E-state index contributed by atoms with van der Waals surface area (Å²) >= 11 is 0. The van der Waals surface area contributed by atoms with Crippen molar-refractivity contribution in [2.75, 3.05) is 26.2 Å². The maximum atomic E-state index is 11.8.